The number of imide groups is 1. The van der Waals surface area contributed by atoms with Crippen LogP contribution in [0.1, 0.15) is 38.3 Å². The predicted molar refractivity (Wildman–Crippen MR) is 114 cm³/mol. The second-order valence-corrected chi connectivity index (χ2v) is 7.87. The van der Waals surface area contributed by atoms with Crippen LogP contribution in [0.15, 0.2) is 30.9 Å². The number of ether oxygens (including phenoxy) is 1. The van der Waals surface area contributed by atoms with Crippen molar-refractivity contribution in [1.29, 1.82) is 0 Å². The Bertz CT molecular complexity index is 1440. The Balaban J connectivity index is 1.43. The van der Waals surface area contributed by atoms with Crippen LogP contribution in [0, 0.1) is 0 Å². The molecule has 0 saturated carbocycles. The number of carbonyl (C=O) groups is 3. The molecular formula is C22H18N6O4. The summed E-state index contributed by atoms with van der Waals surface area (Å²) in [5, 5.41) is 10.4. The summed E-state index contributed by atoms with van der Waals surface area (Å²) in [6.45, 7) is 0.764. The van der Waals surface area contributed by atoms with Crippen molar-refractivity contribution in [3.05, 3.63) is 53.1 Å². The van der Waals surface area contributed by atoms with E-state index in [4.69, 9.17) is 4.74 Å². The number of hydrogen-bond acceptors (Lipinski definition) is 6. The molecule has 0 fully saturated rings. The Labute approximate surface area is 180 Å². The van der Waals surface area contributed by atoms with Gasteiger partial charge in [-0.3, -0.25) is 19.6 Å². The quantitative estimate of drug-likeness (QED) is 0.425. The van der Waals surface area contributed by atoms with E-state index in [0.29, 0.717) is 40.7 Å². The van der Waals surface area contributed by atoms with Crippen LogP contribution in [0.2, 0.25) is 0 Å². The zero-order chi connectivity index (χ0) is 21.8. The summed E-state index contributed by atoms with van der Waals surface area (Å²) >= 11 is 0. The van der Waals surface area contributed by atoms with Crippen molar-refractivity contribution >= 4 is 39.7 Å². The second-order valence-electron chi connectivity index (χ2n) is 7.87. The molecule has 1 aliphatic carbocycles. The zero-order valence-corrected chi connectivity index (χ0v) is 16.9. The van der Waals surface area contributed by atoms with E-state index >= 15 is 0 Å². The van der Waals surface area contributed by atoms with E-state index in [9.17, 15) is 14.4 Å². The predicted octanol–water partition coefficient (Wildman–Crippen LogP) is 2.07. The third kappa shape index (κ3) is 2.69. The molecule has 2 aromatic carbocycles. The van der Waals surface area contributed by atoms with E-state index in [1.807, 2.05) is 6.07 Å². The van der Waals surface area contributed by atoms with Gasteiger partial charge in [0, 0.05) is 11.9 Å². The zero-order valence-electron chi connectivity index (χ0n) is 16.9. The summed E-state index contributed by atoms with van der Waals surface area (Å²) in [4.78, 5) is 45.0. The number of carbonyl (C=O) groups excluding carboxylic acids is 3. The molecule has 0 radical (unpaired) electrons. The van der Waals surface area contributed by atoms with Crippen LogP contribution < -0.4 is 15.4 Å². The fourth-order valence-corrected chi connectivity index (χ4v) is 4.81. The van der Waals surface area contributed by atoms with Gasteiger partial charge in [0.2, 0.25) is 0 Å². The highest BCUT2D eigenvalue weighted by Gasteiger charge is 2.37. The van der Waals surface area contributed by atoms with Gasteiger partial charge in [0.05, 0.1) is 34.1 Å². The third-order valence-corrected chi connectivity index (χ3v) is 6.07. The SMILES string of the molecule is O=C(NCCn1cncn1)Oc1cccc2[nH]c3c4c(c5c(c3c12)C(=O)NC5=O)CCC4. The summed E-state index contributed by atoms with van der Waals surface area (Å²) in [6, 6.07) is 5.33. The first-order chi connectivity index (χ1) is 15.6. The van der Waals surface area contributed by atoms with Crippen molar-refractivity contribution in [3.63, 3.8) is 0 Å². The Hall–Kier alpha value is -4.21. The highest BCUT2D eigenvalue weighted by atomic mass is 16.6. The molecule has 0 saturated heterocycles. The fourth-order valence-electron chi connectivity index (χ4n) is 4.81. The van der Waals surface area contributed by atoms with E-state index in [1.54, 1.807) is 23.1 Å². The lowest BCUT2D eigenvalue weighted by Crippen LogP contribution is -2.30. The van der Waals surface area contributed by atoms with Gasteiger partial charge in [-0.2, -0.15) is 5.10 Å². The van der Waals surface area contributed by atoms with Crippen molar-refractivity contribution in [1.82, 2.24) is 30.4 Å². The molecule has 2 aromatic heterocycles. The first-order valence-corrected chi connectivity index (χ1v) is 10.4. The van der Waals surface area contributed by atoms with E-state index < -0.39 is 12.0 Å². The average Bonchev–Trinajstić information content (AvgIpc) is 3.53. The van der Waals surface area contributed by atoms with Gasteiger partial charge in [-0.05, 0) is 42.5 Å². The van der Waals surface area contributed by atoms with Crippen LogP contribution in [0.25, 0.3) is 21.8 Å². The van der Waals surface area contributed by atoms with E-state index in [1.165, 1.54) is 6.33 Å². The minimum atomic E-state index is -0.620. The molecule has 6 rings (SSSR count). The first-order valence-electron chi connectivity index (χ1n) is 10.4. The molecule has 3 amide bonds. The minimum Gasteiger partial charge on any atom is -0.410 e. The number of rotatable bonds is 4. The lowest BCUT2D eigenvalue weighted by atomic mass is 9.93. The molecule has 0 spiro atoms. The maximum Gasteiger partial charge on any atom is 0.412 e. The second kappa shape index (κ2) is 6.91. The number of fused-ring (bicyclic) bond motifs is 8. The lowest BCUT2D eigenvalue weighted by molar-refractivity contribution is 0.0880. The maximum absolute atomic E-state index is 12.7. The standard InChI is InChI=1S/C22H18N6O4/c29-20-15-11-3-1-4-12(11)19-17(18(15)21(30)27-20)16-13(26-19)5-2-6-14(16)32-22(31)24-7-8-28-10-23-9-25-28/h2,5-6,9-10,26H,1,3-4,7-8H2,(H,24,31)(H,27,29,30). The summed E-state index contributed by atoms with van der Waals surface area (Å²) in [6.07, 6.45) is 4.88. The molecule has 0 unspecified atom stereocenters. The molecule has 1 aliphatic heterocycles. The van der Waals surface area contributed by atoms with Crippen LogP contribution in [-0.2, 0) is 19.4 Å². The van der Waals surface area contributed by atoms with Crippen molar-refractivity contribution < 1.29 is 19.1 Å². The van der Waals surface area contributed by atoms with Crippen molar-refractivity contribution in [3.8, 4) is 5.75 Å². The van der Waals surface area contributed by atoms with Crippen LogP contribution >= 0.6 is 0 Å². The number of nitrogens with zero attached hydrogens (tertiary/aromatic N) is 3. The smallest absolute Gasteiger partial charge is 0.410 e. The third-order valence-electron chi connectivity index (χ3n) is 6.07. The van der Waals surface area contributed by atoms with Crippen LogP contribution in [0.5, 0.6) is 5.75 Å². The van der Waals surface area contributed by atoms with Gasteiger partial charge in [-0.15, -0.1) is 0 Å². The number of amides is 3. The summed E-state index contributed by atoms with van der Waals surface area (Å²) in [7, 11) is 0. The van der Waals surface area contributed by atoms with Gasteiger partial charge >= 0.3 is 6.09 Å². The molecule has 0 bridgehead atoms. The molecule has 10 heteroatoms. The van der Waals surface area contributed by atoms with Crippen LogP contribution in [0.3, 0.4) is 0 Å². The van der Waals surface area contributed by atoms with Gasteiger partial charge in [-0.1, -0.05) is 6.07 Å². The topological polar surface area (TPSA) is 131 Å². The Morgan fingerprint density at radius 3 is 2.81 bits per heavy atom. The monoisotopic (exact) mass is 430 g/mol. The highest BCUT2D eigenvalue weighted by Crippen LogP contribution is 2.43. The fraction of sp³-hybridized carbons (Fsp3) is 0.227. The van der Waals surface area contributed by atoms with Crippen LogP contribution in [0.4, 0.5) is 4.79 Å². The number of hydrogen-bond donors (Lipinski definition) is 3. The van der Waals surface area contributed by atoms with E-state index in [0.717, 1.165) is 41.4 Å². The average molecular weight is 430 g/mol. The van der Waals surface area contributed by atoms with Crippen molar-refractivity contribution in [2.75, 3.05) is 6.54 Å². The van der Waals surface area contributed by atoms with Crippen molar-refractivity contribution in [2.24, 2.45) is 0 Å². The molecule has 160 valence electrons. The number of aromatic nitrogens is 4. The molecule has 3 N–H and O–H groups in total. The first kappa shape index (κ1) is 18.6. The lowest BCUT2D eigenvalue weighted by Gasteiger charge is -2.10. The minimum absolute atomic E-state index is 0.311. The molecule has 3 heterocycles. The molecule has 4 aromatic rings. The van der Waals surface area contributed by atoms with Crippen molar-refractivity contribution in [2.45, 2.75) is 25.8 Å². The molecule has 0 atom stereocenters. The molecule has 10 nitrogen and oxygen atoms in total. The van der Waals surface area contributed by atoms with Gasteiger partial charge in [-0.25, -0.2) is 9.78 Å². The number of H-pyrrole nitrogens is 1. The normalized spacial score (nSPS) is 14.6. The van der Waals surface area contributed by atoms with Crippen LogP contribution in [-0.4, -0.2) is 44.2 Å². The van der Waals surface area contributed by atoms with Gasteiger partial charge in [0.1, 0.15) is 18.4 Å². The van der Waals surface area contributed by atoms with Gasteiger partial charge in [0.25, 0.3) is 11.8 Å². The number of benzene rings is 2. The Morgan fingerprint density at radius 1 is 1.12 bits per heavy atom. The van der Waals surface area contributed by atoms with E-state index in [2.05, 4.69) is 25.7 Å². The number of nitrogens with one attached hydrogen (secondary N) is 3. The van der Waals surface area contributed by atoms with E-state index in [-0.39, 0.29) is 5.91 Å². The summed E-state index contributed by atoms with van der Waals surface area (Å²) in [5.41, 5.74) is 4.39. The van der Waals surface area contributed by atoms with Gasteiger partial charge in [0.15, 0.2) is 0 Å². The highest BCUT2D eigenvalue weighted by molar-refractivity contribution is 6.32. The molecule has 32 heavy (non-hydrogen) atoms. The number of aromatic amines is 1. The summed E-state index contributed by atoms with van der Waals surface area (Å²) < 4.78 is 7.22. The molecule has 2 aliphatic rings. The van der Waals surface area contributed by atoms with Gasteiger partial charge < -0.3 is 15.0 Å². The number of aryl methyl sites for hydroxylation is 1. The largest absolute Gasteiger partial charge is 0.412 e. The Kier molecular flexibility index (Phi) is 4.00. The maximum atomic E-state index is 12.7. The Morgan fingerprint density at radius 2 is 1.97 bits per heavy atom. The summed E-state index contributed by atoms with van der Waals surface area (Å²) in [5.74, 6) is -0.458. The molecular weight excluding hydrogens is 412 g/mol.